The molecule has 0 unspecified atom stereocenters. The number of fused-ring (bicyclic) bond motifs is 3. The number of rotatable bonds is 5. The van der Waals surface area contributed by atoms with Gasteiger partial charge in [0.15, 0.2) is 5.16 Å². The molecule has 0 radical (unpaired) electrons. The lowest BCUT2D eigenvalue weighted by molar-refractivity contribution is -0.0543. The van der Waals surface area contributed by atoms with Crippen molar-refractivity contribution in [2.24, 2.45) is 0 Å². The summed E-state index contributed by atoms with van der Waals surface area (Å²) in [5, 5.41) is 1.78. The molecule has 0 saturated carbocycles. The first-order valence-electron chi connectivity index (χ1n) is 9.87. The molecule has 0 amide bonds. The Morgan fingerprint density at radius 1 is 1.34 bits per heavy atom. The summed E-state index contributed by atoms with van der Waals surface area (Å²) in [5.41, 5.74) is 1.69. The molecular weight excluding hydrogens is 404 g/mol. The van der Waals surface area contributed by atoms with Gasteiger partial charge in [0.2, 0.25) is 0 Å². The predicted molar refractivity (Wildman–Crippen MR) is 120 cm³/mol. The van der Waals surface area contributed by atoms with E-state index in [4.69, 9.17) is 14.5 Å². The Morgan fingerprint density at radius 2 is 2.07 bits per heavy atom. The normalized spacial score (nSPS) is 19.0. The molecule has 0 N–H and O–H groups in total. The first-order valence-corrected chi connectivity index (χ1v) is 11.6. The highest BCUT2D eigenvalue weighted by Gasteiger charge is 2.33. The number of benzene rings is 1. The first kappa shape index (κ1) is 20.4. The van der Waals surface area contributed by atoms with Gasteiger partial charge in [-0.2, -0.15) is 0 Å². The van der Waals surface area contributed by atoms with Crippen LogP contribution in [0, 0.1) is 0 Å². The average molecular weight is 431 g/mol. The second-order valence-electron chi connectivity index (χ2n) is 7.85. The van der Waals surface area contributed by atoms with Crippen LogP contribution in [0.2, 0.25) is 0 Å². The number of methoxy groups -OCH3 is 1. The lowest BCUT2D eigenvalue weighted by atomic mass is 9.90. The number of hydrogen-bond donors (Lipinski definition) is 0. The zero-order chi connectivity index (χ0) is 20.8. The Kier molecular flexibility index (Phi) is 5.48. The van der Waals surface area contributed by atoms with Crippen molar-refractivity contribution in [3.05, 3.63) is 45.1 Å². The fourth-order valence-corrected chi connectivity index (χ4v) is 5.59. The van der Waals surface area contributed by atoms with E-state index in [1.807, 2.05) is 24.3 Å². The van der Waals surface area contributed by atoms with Gasteiger partial charge >= 0.3 is 0 Å². The average Bonchev–Trinajstić information content (AvgIpc) is 3.05. The van der Waals surface area contributed by atoms with Crippen LogP contribution in [-0.4, -0.2) is 27.5 Å². The van der Waals surface area contributed by atoms with Crippen molar-refractivity contribution in [1.82, 2.24) is 9.55 Å². The number of ether oxygens (including phenoxy) is 2. The van der Waals surface area contributed by atoms with Crippen LogP contribution in [0.5, 0.6) is 5.75 Å². The minimum absolute atomic E-state index is 0.00108. The molecule has 0 saturated heterocycles. The third kappa shape index (κ3) is 3.71. The largest absolute Gasteiger partial charge is 0.497 e. The standard InChI is InChI=1S/C22H26N2O3S2/c1-6-22(4)11-16-17(12-27-22)29-19-18(16)20(25)24(21(23-19)28-13(2)3)14-7-9-15(26-5)10-8-14/h7-10,13H,6,11-12H2,1-5H3/t22-/m1/s1. The van der Waals surface area contributed by atoms with E-state index in [1.54, 1.807) is 34.8 Å². The van der Waals surface area contributed by atoms with Crippen LogP contribution in [0.25, 0.3) is 15.9 Å². The molecule has 0 spiro atoms. The van der Waals surface area contributed by atoms with Gasteiger partial charge in [0.25, 0.3) is 5.56 Å². The van der Waals surface area contributed by atoms with Crippen LogP contribution >= 0.6 is 23.1 Å². The topological polar surface area (TPSA) is 53.4 Å². The lowest BCUT2D eigenvalue weighted by Crippen LogP contribution is -2.34. The Labute approximate surface area is 179 Å². The van der Waals surface area contributed by atoms with Gasteiger partial charge in [-0.05, 0) is 43.2 Å². The van der Waals surface area contributed by atoms with E-state index in [2.05, 4.69) is 27.7 Å². The Morgan fingerprint density at radius 3 is 2.69 bits per heavy atom. The van der Waals surface area contributed by atoms with E-state index in [0.29, 0.717) is 11.9 Å². The van der Waals surface area contributed by atoms with Crippen LogP contribution in [-0.2, 0) is 17.8 Å². The maximum absolute atomic E-state index is 13.8. The number of aromatic nitrogens is 2. The maximum atomic E-state index is 13.8. The zero-order valence-electron chi connectivity index (χ0n) is 17.4. The summed E-state index contributed by atoms with van der Waals surface area (Å²) in [6, 6.07) is 7.58. The highest BCUT2D eigenvalue weighted by Crippen LogP contribution is 2.39. The van der Waals surface area contributed by atoms with Crippen molar-refractivity contribution in [3.63, 3.8) is 0 Å². The Hall–Kier alpha value is -1.83. The van der Waals surface area contributed by atoms with E-state index in [1.165, 1.54) is 0 Å². The number of thiophene rings is 1. The van der Waals surface area contributed by atoms with Gasteiger partial charge in [0, 0.05) is 16.5 Å². The molecule has 2 aromatic heterocycles. The van der Waals surface area contributed by atoms with Gasteiger partial charge < -0.3 is 9.47 Å². The molecule has 3 heterocycles. The molecule has 1 aliphatic rings. The van der Waals surface area contributed by atoms with Crippen LogP contribution in [0.3, 0.4) is 0 Å². The van der Waals surface area contributed by atoms with Gasteiger partial charge in [-0.15, -0.1) is 11.3 Å². The van der Waals surface area contributed by atoms with Gasteiger partial charge in [-0.25, -0.2) is 4.98 Å². The van der Waals surface area contributed by atoms with Crippen LogP contribution in [0.4, 0.5) is 0 Å². The second-order valence-corrected chi connectivity index (χ2v) is 10.5. The van der Waals surface area contributed by atoms with E-state index >= 15 is 0 Å². The third-order valence-electron chi connectivity index (χ3n) is 5.40. The lowest BCUT2D eigenvalue weighted by Gasteiger charge is -2.32. The summed E-state index contributed by atoms with van der Waals surface area (Å²) in [5.74, 6) is 0.762. The van der Waals surface area contributed by atoms with Crippen molar-refractivity contribution in [2.75, 3.05) is 7.11 Å². The van der Waals surface area contributed by atoms with Gasteiger partial charge in [-0.1, -0.05) is 32.5 Å². The van der Waals surface area contributed by atoms with Crippen molar-refractivity contribution in [2.45, 2.75) is 63.2 Å². The van der Waals surface area contributed by atoms with E-state index in [9.17, 15) is 4.79 Å². The van der Waals surface area contributed by atoms with Crippen molar-refractivity contribution in [3.8, 4) is 11.4 Å². The number of thioether (sulfide) groups is 1. The molecule has 0 bridgehead atoms. The van der Waals surface area contributed by atoms with Gasteiger partial charge in [0.05, 0.1) is 30.4 Å². The van der Waals surface area contributed by atoms with Crippen molar-refractivity contribution < 1.29 is 9.47 Å². The molecule has 7 heteroatoms. The zero-order valence-corrected chi connectivity index (χ0v) is 19.1. The van der Waals surface area contributed by atoms with Crippen LogP contribution in [0.15, 0.2) is 34.2 Å². The van der Waals surface area contributed by atoms with Crippen molar-refractivity contribution >= 4 is 33.3 Å². The molecule has 29 heavy (non-hydrogen) atoms. The van der Waals surface area contributed by atoms with Crippen LogP contribution < -0.4 is 10.3 Å². The Bertz CT molecular complexity index is 1100. The Balaban J connectivity index is 1.96. The highest BCUT2D eigenvalue weighted by atomic mass is 32.2. The van der Waals surface area contributed by atoms with Crippen molar-refractivity contribution in [1.29, 1.82) is 0 Å². The molecule has 154 valence electrons. The van der Waals surface area contributed by atoms with E-state index in [0.717, 1.165) is 50.1 Å². The van der Waals surface area contributed by atoms with Crippen LogP contribution in [0.1, 0.15) is 44.6 Å². The summed E-state index contributed by atoms with van der Waals surface area (Å²) in [7, 11) is 1.64. The first-order chi connectivity index (χ1) is 13.8. The van der Waals surface area contributed by atoms with E-state index < -0.39 is 0 Å². The third-order valence-corrected chi connectivity index (χ3v) is 7.46. The highest BCUT2D eigenvalue weighted by molar-refractivity contribution is 7.99. The summed E-state index contributed by atoms with van der Waals surface area (Å²) in [6.45, 7) is 9.02. The second kappa shape index (κ2) is 7.78. The molecule has 1 aliphatic heterocycles. The van der Waals surface area contributed by atoms with Gasteiger partial charge in [0.1, 0.15) is 10.6 Å². The molecule has 3 aromatic rings. The minimum Gasteiger partial charge on any atom is -0.497 e. The summed E-state index contributed by atoms with van der Waals surface area (Å²) in [4.78, 5) is 20.6. The molecule has 0 aliphatic carbocycles. The number of nitrogens with zero attached hydrogens (tertiary/aromatic N) is 2. The molecular formula is C22H26N2O3S2. The monoisotopic (exact) mass is 430 g/mol. The van der Waals surface area contributed by atoms with E-state index in [-0.39, 0.29) is 11.2 Å². The molecule has 1 atom stereocenters. The predicted octanol–water partition coefficient (Wildman–Crippen LogP) is 5.20. The molecule has 5 nitrogen and oxygen atoms in total. The SMILES string of the molecule is CC[C@]1(C)Cc2c(sc3nc(SC(C)C)n(-c4ccc(OC)cc4)c(=O)c23)CO1. The number of hydrogen-bond acceptors (Lipinski definition) is 6. The summed E-state index contributed by atoms with van der Waals surface area (Å²) < 4.78 is 13.1. The fraction of sp³-hybridized carbons (Fsp3) is 0.455. The maximum Gasteiger partial charge on any atom is 0.267 e. The molecule has 0 fully saturated rings. The fourth-order valence-electron chi connectivity index (χ4n) is 3.58. The summed E-state index contributed by atoms with van der Waals surface area (Å²) >= 11 is 3.20. The molecule has 1 aromatic carbocycles. The summed E-state index contributed by atoms with van der Waals surface area (Å²) in [6.07, 6.45) is 1.65. The minimum atomic E-state index is -0.232. The van der Waals surface area contributed by atoms with Gasteiger partial charge in [-0.3, -0.25) is 9.36 Å². The smallest absolute Gasteiger partial charge is 0.267 e. The quantitative estimate of drug-likeness (QED) is 0.411. The molecule has 4 rings (SSSR count).